The average Bonchev–Trinajstić information content (AvgIpc) is 2.78. The number of aliphatic imine (C=N–C) groups is 1. The van der Waals surface area contributed by atoms with Crippen LogP contribution < -0.4 is 0 Å². The molecule has 6 nitrogen and oxygen atoms in total. The van der Waals surface area contributed by atoms with Crippen LogP contribution in [0.2, 0.25) is 0 Å². The predicted molar refractivity (Wildman–Crippen MR) is 69.3 cm³/mol. The standard InChI is InChI=1S/C11H20N2O4S/c1-2-3-4-12-11-13-6(5-18-11)7(14)8(15)9(16)10(13)17/h6-10,14-17H,2-5H2,1H3/t6?,7-,8-,9?,10+/m0/s1. The van der Waals surface area contributed by atoms with E-state index in [1.807, 2.05) is 0 Å². The zero-order chi connectivity index (χ0) is 13.3. The summed E-state index contributed by atoms with van der Waals surface area (Å²) in [5, 5.41) is 39.8. The van der Waals surface area contributed by atoms with Crippen molar-refractivity contribution in [1.29, 1.82) is 0 Å². The maximum atomic E-state index is 9.97. The van der Waals surface area contributed by atoms with E-state index in [-0.39, 0.29) is 6.04 Å². The number of hydrogen-bond donors (Lipinski definition) is 4. The second-order valence-electron chi connectivity index (χ2n) is 4.69. The van der Waals surface area contributed by atoms with E-state index in [9.17, 15) is 20.4 Å². The molecule has 2 aliphatic rings. The molecule has 2 rings (SSSR count). The van der Waals surface area contributed by atoms with Crippen LogP contribution in [0.15, 0.2) is 4.99 Å². The highest BCUT2D eigenvalue weighted by Gasteiger charge is 2.51. The fourth-order valence-electron chi connectivity index (χ4n) is 2.26. The number of unbranched alkanes of at least 4 members (excludes halogenated alkanes) is 1. The number of amidine groups is 1. The number of thioether (sulfide) groups is 1. The summed E-state index contributed by atoms with van der Waals surface area (Å²) >= 11 is 1.44. The van der Waals surface area contributed by atoms with Crippen molar-refractivity contribution in [2.75, 3.05) is 12.3 Å². The average molecular weight is 276 g/mol. The molecule has 104 valence electrons. The van der Waals surface area contributed by atoms with E-state index >= 15 is 0 Å². The Balaban J connectivity index is 2.13. The Bertz CT molecular complexity index is 328. The van der Waals surface area contributed by atoms with Crippen molar-refractivity contribution in [3.8, 4) is 0 Å². The lowest BCUT2D eigenvalue weighted by molar-refractivity contribution is -0.190. The molecule has 0 aromatic rings. The first-order chi connectivity index (χ1) is 8.57. The molecule has 0 saturated carbocycles. The molecule has 0 aromatic carbocycles. The van der Waals surface area contributed by atoms with Gasteiger partial charge in [0.15, 0.2) is 11.4 Å². The molecule has 7 heteroatoms. The monoisotopic (exact) mass is 276 g/mol. The molecule has 0 amide bonds. The number of fused-ring (bicyclic) bond motifs is 1. The van der Waals surface area contributed by atoms with Crippen LogP contribution in [0.25, 0.3) is 0 Å². The Morgan fingerprint density at radius 1 is 1.22 bits per heavy atom. The first kappa shape index (κ1) is 14.1. The zero-order valence-corrected chi connectivity index (χ0v) is 11.1. The first-order valence-corrected chi connectivity index (χ1v) is 7.24. The van der Waals surface area contributed by atoms with E-state index in [1.54, 1.807) is 0 Å². The summed E-state index contributed by atoms with van der Waals surface area (Å²) in [7, 11) is 0. The molecule has 0 bridgehead atoms. The van der Waals surface area contributed by atoms with Crippen molar-refractivity contribution >= 4 is 16.9 Å². The highest BCUT2D eigenvalue weighted by Crippen LogP contribution is 2.34. The number of nitrogens with zero attached hydrogens (tertiary/aromatic N) is 2. The maximum Gasteiger partial charge on any atom is 0.161 e. The second kappa shape index (κ2) is 5.75. The zero-order valence-electron chi connectivity index (χ0n) is 10.3. The van der Waals surface area contributed by atoms with Crippen LogP contribution in [0.5, 0.6) is 0 Å². The Morgan fingerprint density at radius 2 is 1.94 bits per heavy atom. The van der Waals surface area contributed by atoms with Crippen LogP contribution in [0, 0.1) is 0 Å². The van der Waals surface area contributed by atoms with Crippen molar-refractivity contribution < 1.29 is 20.4 Å². The third-order valence-electron chi connectivity index (χ3n) is 3.40. The Hall–Kier alpha value is -0.340. The van der Waals surface area contributed by atoms with Crippen molar-refractivity contribution in [3.63, 3.8) is 0 Å². The van der Waals surface area contributed by atoms with Gasteiger partial charge in [-0.05, 0) is 6.42 Å². The third-order valence-corrected chi connectivity index (χ3v) is 4.51. The van der Waals surface area contributed by atoms with Gasteiger partial charge >= 0.3 is 0 Å². The lowest BCUT2D eigenvalue weighted by Crippen LogP contribution is -2.65. The van der Waals surface area contributed by atoms with E-state index in [4.69, 9.17) is 0 Å². The van der Waals surface area contributed by atoms with Crippen molar-refractivity contribution in [3.05, 3.63) is 0 Å². The first-order valence-electron chi connectivity index (χ1n) is 6.25. The number of hydrogen-bond acceptors (Lipinski definition) is 6. The molecule has 0 aromatic heterocycles. The summed E-state index contributed by atoms with van der Waals surface area (Å²) in [5.74, 6) is 0.562. The van der Waals surface area contributed by atoms with Gasteiger partial charge in [0.25, 0.3) is 0 Å². The van der Waals surface area contributed by atoms with Crippen molar-refractivity contribution in [1.82, 2.24) is 4.90 Å². The van der Waals surface area contributed by atoms with Crippen LogP contribution in [0.4, 0.5) is 0 Å². The minimum Gasteiger partial charge on any atom is -0.388 e. The summed E-state index contributed by atoms with van der Waals surface area (Å²) < 4.78 is 0. The topological polar surface area (TPSA) is 96.5 Å². The van der Waals surface area contributed by atoms with E-state index in [1.165, 1.54) is 16.7 Å². The molecule has 2 unspecified atom stereocenters. The molecule has 5 atom stereocenters. The molecule has 2 heterocycles. The van der Waals surface area contributed by atoms with Gasteiger partial charge in [-0.3, -0.25) is 4.99 Å². The van der Waals surface area contributed by atoms with Gasteiger partial charge in [0, 0.05) is 12.3 Å². The van der Waals surface area contributed by atoms with Gasteiger partial charge in [0.2, 0.25) is 0 Å². The summed E-state index contributed by atoms with van der Waals surface area (Å²) in [6, 6.07) is -0.385. The molecule has 2 fully saturated rings. The molecule has 0 spiro atoms. The molecular weight excluding hydrogens is 256 g/mol. The Labute approximate surface area is 110 Å². The SMILES string of the molecule is CCCCN=C1SCC2[C@H](O)[C@H](O)C(O)[C@@H](O)N12. The highest BCUT2D eigenvalue weighted by molar-refractivity contribution is 8.14. The lowest BCUT2D eigenvalue weighted by Gasteiger charge is -2.44. The highest BCUT2D eigenvalue weighted by atomic mass is 32.2. The molecule has 0 radical (unpaired) electrons. The smallest absolute Gasteiger partial charge is 0.161 e. The van der Waals surface area contributed by atoms with Gasteiger partial charge in [0.05, 0.1) is 6.04 Å². The summed E-state index contributed by atoms with van der Waals surface area (Å²) in [6.45, 7) is 2.74. The van der Waals surface area contributed by atoms with E-state index < -0.39 is 24.5 Å². The predicted octanol–water partition coefficient (Wildman–Crippen LogP) is -1.03. The van der Waals surface area contributed by atoms with Gasteiger partial charge in [0.1, 0.15) is 18.3 Å². The third kappa shape index (κ3) is 2.37. The number of piperidine rings is 1. The molecule has 2 aliphatic heterocycles. The van der Waals surface area contributed by atoms with Gasteiger partial charge in [-0.15, -0.1) is 0 Å². The number of rotatable bonds is 3. The normalized spacial score (nSPS) is 42.4. The fraction of sp³-hybridized carbons (Fsp3) is 0.909. The van der Waals surface area contributed by atoms with Gasteiger partial charge in [-0.2, -0.15) is 0 Å². The van der Waals surface area contributed by atoms with Gasteiger partial charge < -0.3 is 25.3 Å². The fourth-order valence-corrected chi connectivity index (χ4v) is 3.51. The minimum atomic E-state index is -1.37. The lowest BCUT2D eigenvalue weighted by atomic mass is 9.94. The van der Waals surface area contributed by atoms with E-state index in [0.717, 1.165) is 12.8 Å². The van der Waals surface area contributed by atoms with Crippen molar-refractivity contribution in [2.24, 2.45) is 4.99 Å². The summed E-state index contributed by atoms with van der Waals surface area (Å²) in [6.07, 6.45) is -2.94. The summed E-state index contributed by atoms with van der Waals surface area (Å²) in [5.41, 5.74) is 0. The molecule has 2 saturated heterocycles. The van der Waals surface area contributed by atoms with Gasteiger partial charge in [-0.25, -0.2) is 0 Å². The van der Waals surface area contributed by atoms with Crippen LogP contribution in [-0.2, 0) is 0 Å². The largest absolute Gasteiger partial charge is 0.388 e. The quantitative estimate of drug-likeness (QED) is 0.493. The molecule has 4 N–H and O–H groups in total. The number of aliphatic hydroxyl groups excluding tert-OH is 4. The molecule has 0 aliphatic carbocycles. The molecule has 18 heavy (non-hydrogen) atoms. The van der Waals surface area contributed by atoms with E-state index in [2.05, 4.69) is 11.9 Å². The van der Waals surface area contributed by atoms with Crippen LogP contribution >= 0.6 is 11.8 Å². The van der Waals surface area contributed by atoms with Crippen LogP contribution in [-0.4, -0.2) is 73.4 Å². The minimum absolute atomic E-state index is 0.385. The molecular formula is C11H20N2O4S. The van der Waals surface area contributed by atoms with Crippen LogP contribution in [0.3, 0.4) is 0 Å². The van der Waals surface area contributed by atoms with Crippen molar-refractivity contribution in [2.45, 2.75) is 50.3 Å². The number of aliphatic hydroxyl groups is 4. The maximum absolute atomic E-state index is 9.97. The Morgan fingerprint density at radius 3 is 2.61 bits per heavy atom. The van der Waals surface area contributed by atoms with E-state index in [0.29, 0.717) is 17.5 Å². The summed E-state index contributed by atoms with van der Waals surface area (Å²) in [4.78, 5) is 5.91. The van der Waals surface area contributed by atoms with Gasteiger partial charge in [-0.1, -0.05) is 25.1 Å². The second-order valence-corrected chi connectivity index (χ2v) is 5.68. The Kier molecular flexibility index (Phi) is 4.50. The van der Waals surface area contributed by atoms with Crippen LogP contribution in [0.1, 0.15) is 19.8 Å².